The van der Waals surface area contributed by atoms with Gasteiger partial charge in [-0.2, -0.15) is 0 Å². The number of anilines is 1. The summed E-state index contributed by atoms with van der Waals surface area (Å²) in [7, 11) is 0. The first kappa shape index (κ1) is 15.0. The van der Waals surface area contributed by atoms with Crippen molar-refractivity contribution in [2.45, 2.75) is 12.8 Å². The van der Waals surface area contributed by atoms with E-state index < -0.39 is 11.5 Å². The molecule has 0 aliphatic carbocycles. The number of hydrogen-bond donors (Lipinski definition) is 1. The molecule has 0 unspecified atom stereocenters. The highest BCUT2D eigenvalue weighted by Crippen LogP contribution is 2.26. The number of aryl methyl sites for hydroxylation is 1. The van der Waals surface area contributed by atoms with E-state index in [1.54, 1.807) is 4.90 Å². The topological polar surface area (TPSA) is 79.5 Å². The fourth-order valence-corrected chi connectivity index (χ4v) is 2.66. The van der Waals surface area contributed by atoms with Crippen molar-refractivity contribution in [3.63, 3.8) is 0 Å². The lowest BCUT2D eigenvalue weighted by atomic mass is 10.0. The Morgan fingerprint density at radius 2 is 2.00 bits per heavy atom. The van der Waals surface area contributed by atoms with Crippen LogP contribution >= 0.6 is 0 Å². The lowest BCUT2D eigenvalue weighted by Gasteiger charge is -2.29. The van der Waals surface area contributed by atoms with Gasteiger partial charge in [-0.1, -0.05) is 18.2 Å². The molecular weight excluding hydrogens is 296 g/mol. The van der Waals surface area contributed by atoms with Crippen LogP contribution in [-0.4, -0.2) is 30.0 Å². The molecule has 6 heteroatoms. The van der Waals surface area contributed by atoms with E-state index in [2.05, 4.69) is 4.98 Å². The average molecular weight is 312 g/mol. The van der Waals surface area contributed by atoms with Gasteiger partial charge in [-0.25, -0.2) is 4.79 Å². The summed E-state index contributed by atoms with van der Waals surface area (Å²) < 4.78 is 4.99. The molecule has 2 heterocycles. The molecule has 0 bridgehead atoms. The maximum Gasteiger partial charge on any atom is 0.344 e. The summed E-state index contributed by atoms with van der Waals surface area (Å²) in [5, 5.41) is 0. The summed E-state index contributed by atoms with van der Waals surface area (Å²) in [6, 6.07) is 10.6. The van der Waals surface area contributed by atoms with Crippen LogP contribution in [0, 0.1) is 0 Å². The highest BCUT2D eigenvalue weighted by atomic mass is 16.5. The molecule has 0 saturated carbocycles. The van der Waals surface area contributed by atoms with Gasteiger partial charge in [0.25, 0.3) is 11.5 Å². The predicted octanol–water partition coefficient (Wildman–Crippen LogP) is 1.51. The van der Waals surface area contributed by atoms with Crippen molar-refractivity contribution in [3.8, 4) is 0 Å². The van der Waals surface area contributed by atoms with Gasteiger partial charge in [0.05, 0.1) is 0 Å². The van der Waals surface area contributed by atoms with Gasteiger partial charge in [0, 0.05) is 18.4 Å². The predicted molar refractivity (Wildman–Crippen MR) is 84.5 cm³/mol. The minimum atomic E-state index is -0.800. The molecule has 6 nitrogen and oxygen atoms in total. The molecule has 1 amide bonds. The Morgan fingerprint density at radius 1 is 1.17 bits per heavy atom. The van der Waals surface area contributed by atoms with E-state index in [0.717, 1.165) is 24.1 Å². The normalized spacial score (nSPS) is 13.3. The van der Waals surface area contributed by atoms with Crippen LogP contribution in [0.3, 0.4) is 0 Å². The summed E-state index contributed by atoms with van der Waals surface area (Å²) in [6.45, 7) is 0.209. The molecule has 23 heavy (non-hydrogen) atoms. The second-order valence-electron chi connectivity index (χ2n) is 5.27. The standard InChI is InChI=1S/C17H16N2O4/c20-15(11-23-17(22)13-7-3-9-18-16(13)21)19-10-4-6-12-5-1-2-8-14(12)19/h1-3,5,7-9H,4,6,10-11H2,(H,18,21). The number of carbonyl (C=O) groups excluding carboxylic acids is 2. The molecule has 118 valence electrons. The van der Waals surface area contributed by atoms with E-state index in [1.807, 2.05) is 24.3 Å². The minimum Gasteiger partial charge on any atom is -0.452 e. The molecule has 0 atom stereocenters. The number of nitrogens with one attached hydrogen (secondary N) is 1. The molecule has 1 N–H and O–H groups in total. The molecule has 1 aromatic carbocycles. The summed E-state index contributed by atoms with van der Waals surface area (Å²) in [6.07, 6.45) is 3.23. The minimum absolute atomic E-state index is 0.112. The zero-order chi connectivity index (χ0) is 16.2. The Kier molecular flexibility index (Phi) is 4.23. The summed E-state index contributed by atoms with van der Waals surface area (Å²) in [4.78, 5) is 39.8. The Labute approximate surface area is 132 Å². The van der Waals surface area contributed by atoms with Crippen LogP contribution in [0.2, 0.25) is 0 Å². The Hall–Kier alpha value is -2.89. The number of fused-ring (bicyclic) bond motifs is 1. The molecule has 1 aromatic heterocycles. The number of para-hydroxylation sites is 1. The number of aromatic nitrogens is 1. The fraction of sp³-hybridized carbons (Fsp3) is 0.235. The van der Waals surface area contributed by atoms with Crippen molar-refractivity contribution >= 4 is 17.6 Å². The third-order valence-electron chi connectivity index (χ3n) is 3.78. The largest absolute Gasteiger partial charge is 0.452 e. The van der Waals surface area contributed by atoms with Gasteiger partial charge >= 0.3 is 5.97 Å². The van der Waals surface area contributed by atoms with E-state index in [9.17, 15) is 14.4 Å². The molecule has 0 fully saturated rings. The lowest BCUT2D eigenvalue weighted by molar-refractivity contribution is -0.121. The van der Waals surface area contributed by atoms with E-state index >= 15 is 0 Å². The van der Waals surface area contributed by atoms with Crippen molar-refractivity contribution in [2.75, 3.05) is 18.1 Å². The van der Waals surface area contributed by atoms with Crippen molar-refractivity contribution in [1.29, 1.82) is 0 Å². The van der Waals surface area contributed by atoms with Crippen LogP contribution in [0.15, 0.2) is 47.4 Å². The maximum atomic E-state index is 12.3. The number of pyridine rings is 1. The van der Waals surface area contributed by atoms with E-state index in [4.69, 9.17) is 4.74 Å². The molecule has 0 radical (unpaired) electrons. The molecule has 3 rings (SSSR count). The number of nitrogens with zero attached hydrogens (tertiary/aromatic N) is 1. The van der Waals surface area contributed by atoms with Gasteiger partial charge < -0.3 is 14.6 Å². The van der Waals surface area contributed by atoms with Crippen molar-refractivity contribution < 1.29 is 14.3 Å². The SMILES string of the molecule is O=C(OCC(=O)N1CCCc2ccccc21)c1ccc[nH]c1=O. The monoisotopic (exact) mass is 312 g/mol. The maximum absolute atomic E-state index is 12.3. The second kappa shape index (κ2) is 6.48. The quantitative estimate of drug-likeness (QED) is 0.871. The Balaban J connectivity index is 1.68. The molecular formula is C17H16N2O4. The Bertz CT molecular complexity index is 797. The van der Waals surface area contributed by atoms with Gasteiger partial charge in [-0.15, -0.1) is 0 Å². The molecule has 0 saturated heterocycles. The first-order chi connectivity index (χ1) is 11.2. The fourth-order valence-electron chi connectivity index (χ4n) is 2.66. The highest BCUT2D eigenvalue weighted by Gasteiger charge is 2.23. The van der Waals surface area contributed by atoms with Crippen molar-refractivity contribution in [3.05, 3.63) is 64.1 Å². The van der Waals surface area contributed by atoms with Gasteiger partial charge in [0.15, 0.2) is 6.61 Å². The molecule has 1 aliphatic rings. The number of carbonyl (C=O) groups is 2. The molecule has 0 spiro atoms. The molecule has 2 aromatic rings. The summed E-state index contributed by atoms with van der Waals surface area (Å²) >= 11 is 0. The number of hydrogen-bond acceptors (Lipinski definition) is 4. The zero-order valence-electron chi connectivity index (χ0n) is 12.5. The average Bonchev–Trinajstić information content (AvgIpc) is 2.59. The van der Waals surface area contributed by atoms with Gasteiger partial charge in [-0.3, -0.25) is 9.59 Å². The number of benzene rings is 1. The second-order valence-corrected chi connectivity index (χ2v) is 5.27. The third kappa shape index (κ3) is 3.15. The van der Waals surface area contributed by atoms with E-state index in [1.165, 1.54) is 18.3 Å². The van der Waals surface area contributed by atoms with Crippen LogP contribution < -0.4 is 10.5 Å². The number of amides is 1. The Morgan fingerprint density at radius 3 is 2.83 bits per heavy atom. The van der Waals surface area contributed by atoms with E-state index in [-0.39, 0.29) is 18.1 Å². The summed E-state index contributed by atoms with van der Waals surface area (Å²) in [5.74, 6) is -1.09. The summed E-state index contributed by atoms with van der Waals surface area (Å²) in [5.41, 5.74) is 1.32. The zero-order valence-corrected chi connectivity index (χ0v) is 12.5. The van der Waals surface area contributed by atoms with Crippen LogP contribution in [0.5, 0.6) is 0 Å². The highest BCUT2D eigenvalue weighted by molar-refractivity contribution is 5.97. The third-order valence-corrected chi connectivity index (χ3v) is 3.78. The number of H-pyrrole nitrogens is 1. The van der Waals surface area contributed by atoms with Gasteiger partial charge in [0.1, 0.15) is 5.56 Å². The van der Waals surface area contributed by atoms with E-state index in [0.29, 0.717) is 6.54 Å². The molecule has 1 aliphatic heterocycles. The lowest BCUT2D eigenvalue weighted by Crippen LogP contribution is -2.38. The van der Waals surface area contributed by atoms with Crippen LogP contribution in [-0.2, 0) is 16.0 Å². The first-order valence-electron chi connectivity index (χ1n) is 7.40. The van der Waals surface area contributed by atoms with Gasteiger partial charge in [-0.05, 0) is 36.6 Å². The van der Waals surface area contributed by atoms with Crippen molar-refractivity contribution in [2.24, 2.45) is 0 Å². The number of aromatic amines is 1. The van der Waals surface area contributed by atoms with Crippen molar-refractivity contribution in [1.82, 2.24) is 4.98 Å². The van der Waals surface area contributed by atoms with Gasteiger partial charge in [0.2, 0.25) is 0 Å². The number of rotatable bonds is 3. The number of esters is 1. The number of ether oxygens (including phenoxy) is 1. The van der Waals surface area contributed by atoms with Crippen LogP contribution in [0.4, 0.5) is 5.69 Å². The smallest absolute Gasteiger partial charge is 0.344 e. The van der Waals surface area contributed by atoms with Crippen LogP contribution in [0.1, 0.15) is 22.3 Å². The van der Waals surface area contributed by atoms with Crippen LogP contribution in [0.25, 0.3) is 0 Å². The first-order valence-corrected chi connectivity index (χ1v) is 7.40.